The number of nitriles is 1. The summed E-state index contributed by atoms with van der Waals surface area (Å²) in [5.41, 5.74) is -1.09. The van der Waals surface area contributed by atoms with Crippen molar-refractivity contribution in [3.05, 3.63) is 41.5 Å². The van der Waals surface area contributed by atoms with E-state index >= 15 is 0 Å². The van der Waals surface area contributed by atoms with Gasteiger partial charge in [0.2, 0.25) is 0 Å². The fourth-order valence-corrected chi connectivity index (χ4v) is 1.63. The van der Waals surface area contributed by atoms with E-state index in [-0.39, 0.29) is 12.2 Å². The van der Waals surface area contributed by atoms with Crippen molar-refractivity contribution in [1.29, 1.82) is 5.26 Å². The third-order valence-corrected chi connectivity index (χ3v) is 2.70. The predicted octanol–water partition coefficient (Wildman–Crippen LogP) is 2.32. The summed E-state index contributed by atoms with van der Waals surface area (Å²) >= 11 is 0. The standard InChI is InChI=1S/C12H10F3N5/c1-20-7-18-19-11(20)6-17-9-3-2-8(5-16)10(4-9)12(13,14)15/h2-4,7,17H,6H2,1H3. The summed E-state index contributed by atoms with van der Waals surface area (Å²) in [6, 6.07) is 5.01. The minimum atomic E-state index is -4.56. The summed E-state index contributed by atoms with van der Waals surface area (Å²) in [5, 5.41) is 19.0. The van der Waals surface area contributed by atoms with Gasteiger partial charge in [-0.15, -0.1) is 10.2 Å². The molecule has 0 saturated heterocycles. The van der Waals surface area contributed by atoms with Crippen LogP contribution < -0.4 is 5.32 Å². The molecule has 2 aromatic rings. The Balaban J connectivity index is 2.22. The molecular formula is C12H10F3N5. The minimum Gasteiger partial charge on any atom is -0.378 e. The number of alkyl halides is 3. The molecule has 0 aliphatic heterocycles. The Hall–Kier alpha value is -2.56. The van der Waals surface area contributed by atoms with Gasteiger partial charge in [-0.25, -0.2) is 0 Å². The Morgan fingerprint density at radius 1 is 1.40 bits per heavy atom. The molecule has 104 valence electrons. The topological polar surface area (TPSA) is 66.5 Å². The van der Waals surface area contributed by atoms with Crippen molar-refractivity contribution in [2.45, 2.75) is 12.7 Å². The molecule has 0 saturated carbocycles. The van der Waals surface area contributed by atoms with Crippen LogP contribution in [0.4, 0.5) is 18.9 Å². The Morgan fingerprint density at radius 2 is 2.15 bits per heavy atom. The number of aryl methyl sites for hydroxylation is 1. The Labute approximate surface area is 112 Å². The maximum Gasteiger partial charge on any atom is 0.417 e. The lowest BCUT2D eigenvalue weighted by molar-refractivity contribution is -0.137. The maximum atomic E-state index is 12.8. The van der Waals surface area contributed by atoms with E-state index in [1.807, 2.05) is 0 Å². The number of nitrogens with one attached hydrogen (secondary N) is 1. The van der Waals surface area contributed by atoms with Crippen molar-refractivity contribution in [3.63, 3.8) is 0 Å². The SMILES string of the molecule is Cn1cnnc1CNc1ccc(C#N)c(C(F)(F)F)c1. The normalized spacial score (nSPS) is 11.2. The second-order valence-electron chi connectivity index (χ2n) is 4.08. The number of aromatic nitrogens is 3. The quantitative estimate of drug-likeness (QED) is 0.937. The van der Waals surface area contributed by atoms with Gasteiger partial charge in [-0.1, -0.05) is 0 Å². The minimum absolute atomic E-state index is 0.236. The fourth-order valence-electron chi connectivity index (χ4n) is 1.63. The molecule has 0 spiro atoms. The average Bonchev–Trinajstić information content (AvgIpc) is 2.80. The van der Waals surface area contributed by atoms with Gasteiger partial charge in [0.05, 0.1) is 23.7 Å². The molecule has 0 amide bonds. The summed E-state index contributed by atoms with van der Waals surface area (Å²) in [4.78, 5) is 0. The third kappa shape index (κ3) is 2.88. The highest BCUT2D eigenvalue weighted by molar-refractivity contribution is 5.53. The summed E-state index contributed by atoms with van der Waals surface area (Å²) in [7, 11) is 1.73. The highest BCUT2D eigenvalue weighted by Crippen LogP contribution is 2.33. The fraction of sp³-hybridized carbons (Fsp3) is 0.250. The van der Waals surface area contributed by atoms with Crippen LogP contribution in [0.25, 0.3) is 0 Å². The van der Waals surface area contributed by atoms with E-state index in [2.05, 4.69) is 15.5 Å². The molecule has 0 atom stereocenters. The first-order valence-electron chi connectivity index (χ1n) is 5.60. The van der Waals surface area contributed by atoms with Crippen LogP contribution in [0, 0.1) is 11.3 Å². The van der Waals surface area contributed by atoms with Crippen molar-refractivity contribution >= 4 is 5.69 Å². The molecule has 5 nitrogen and oxygen atoms in total. The van der Waals surface area contributed by atoms with Gasteiger partial charge < -0.3 is 9.88 Å². The number of hydrogen-bond donors (Lipinski definition) is 1. The van der Waals surface area contributed by atoms with Gasteiger partial charge in [0.15, 0.2) is 5.82 Å². The van der Waals surface area contributed by atoms with Gasteiger partial charge in [0.25, 0.3) is 0 Å². The zero-order chi connectivity index (χ0) is 14.8. The second-order valence-corrected chi connectivity index (χ2v) is 4.08. The molecule has 1 aromatic carbocycles. The van der Waals surface area contributed by atoms with Crippen LogP contribution in [-0.4, -0.2) is 14.8 Å². The van der Waals surface area contributed by atoms with E-state index in [1.54, 1.807) is 11.6 Å². The van der Waals surface area contributed by atoms with Gasteiger partial charge in [-0.3, -0.25) is 0 Å². The molecule has 0 aliphatic rings. The zero-order valence-corrected chi connectivity index (χ0v) is 10.4. The van der Waals surface area contributed by atoms with Crippen LogP contribution in [0.1, 0.15) is 17.0 Å². The summed E-state index contributed by atoms with van der Waals surface area (Å²) in [5.74, 6) is 0.586. The van der Waals surface area contributed by atoms with Crippen molar-refractivity contribution < 1.29 is 13.2 Å². The Kier molecular flexibility index (Phi) is 3.61. The average molecular weight is 281 g/mol. The van der Waals surface area contributed by atoms with Crippen LogP contribution in [0.5, 0.6) is 0 Å². The van der Waals surface area contributed by atoms with E-state index in [0.717, 1.165) is 12.1 Å². The van der Waals surface area contributed by atoms with Crippen LogP contribution in [0.2, 0.25) is 0 Å². The smallest absolute Gasteiger partial charge is 0.378 e. The largest absolute Gasteiger partial charge is 0.417 e. The summed E-state index contributed by atoms with van der Waals surface area (Å²) in [6.45, 7) is 0.236. The van der Waals surface area contributed by atoms with Crippen molar-refractivity contribution in [1.82, 2.24) is 14.8 Å². The van der Waals surface area contributed by atoms with Gasteiger partial charge in [-0.05, 0) is 18.2 Å². The van der Waals surface area contributed by atoms with E-state index in [9.17, 15) is 13.2 Å². The zero-order valence-electron chi connectivity index (χ0n) is 10.4. The van der Waals surface area contributed by atoms with Crippen molar-refractivity contribution in [2.24, 2.45) is 7.05 Å². The number of benzene rings is 1. The lowest BCUT2D eigenvalue weighted by atomic mass is 10.1. The molecule has 20 heavy (non-hydrogen) atoms. The van der Waals surface area contributed by atoms with Crippen molar-refractivity contribution in [2.75, 3.05) is 5.32 Å². The van der Waals surface area contributed by atoms with Crippen molar-refractivity contribution in [3.8, 4) is 6.07 Å². The third-order valence-electron chi connectivity index (χ3n) is 2.70. The van der Waals surface area contributed by atoms with Crippen LogP contribution in [0.15, 0.2) is 24.5 Å². The second kappa shape index (κ2) is 5.21. The first-order valence-corrected chi connectivity index (χ1v) is 5.60. The molecule has 8 heteroatoms. The van der Waals surface area contributed by atoms with Gasteiger partial charge in [-0.2, -0.15) is 18.4 Å². The first kappa shape index (κ1) is 13.9. The number of halogens is 3. The number of nitrogens with zero attached hydrogens (tertiary/aromatic N) is 4. The van der Waals surface area contributed by atoms with Crippen LogP contribution >= 0.6 is 0 Å². The summed E-state index contributed by atoms with van der Waals surface area (Å²) < 4.78 is 40.0. The molecule has 0 fully saturated rings. The number of anilines is 1. The first-order chi connectivity index (χ1) is 9.41. The molecule has 1 heterocycles. The molecule has 1 N–H and O–H groups in total. The van der Waals surface area contributed by atoms with E-state index in [1.165, 1.54) is 18.5 Å². The molecule has 0 aliphatic carbocycles. The van der Waals surface area contributed by atoms with E-state index < -0.39 is 17.3 Å². The highest BCUT2D eigenvalue weighted by Gasteiger charge is 2.33. The van der Waals surface area contributed by atoms with Crippen LogP contribution in [-0.2, 0) is 19.8 Å². The van der Waals surface area contributed by atoms with Gasteiger partial charge in [0.1, 0.15) is 6.33 Å². The molecule has 2 rings (SSSR count). The molecule has 0 unspecified atom stereocenters. The highest BCUT2D eigenvalue weighted by atomic mass is 19.4. The lowest BCUT2D eigenvalue weighted by Crippen LogP contribution is -2.10. The molecule has 0 radical (unpaired) electrons. The maximum absolute atomic E-state index is 12.8. The molecular weight excluding hydrogens is 271 g/mol. The lowest BCUT2D eigenvalue weighted by Gasteiger charge is -2.12. The monoisotopic (exact) mass is 281 g/mol. The van der Waals surface area contributed by atoms with Gasteiger partial charge >= 0.3 is 6.18 Å². The molecule has 0 bridgehead atoms. The Morgan fingerprint density at radius 3 is 2.70 bits per heavy atom. The molecule has 1 aromatic heterocycles. The van der Waals surface area contributed by atoms with Crippen LogP contribution in [0.3, 0.4) is 0 Å². The number of rotatable bonds is 3. The summed E-state index contributed by atoms with van der Waals surface area (Å²) in [6.07, 6.45) is -3.07. The van der Waals surface area contributed by atoms with E-state index in [0.29, 0.717) is 5.82 Å². The number of hydrogen-bond acceptors (Lipinski definition) is 4. The predicted molar refractivity (Wildman–Crippen MR) is 64.5 cm³/mol. The van der Waals surface area contributed by atoms with Gasteiger partial charge in [0, 0.05) is 12.7 Å². The Bertz CT molecular complexity index is 654. The van der Waals surface area contributed by atoms with E-state index in [4.69, 9.17) is 5.26 Å².